The van der Waals surface area contributed by atoms with E-state index in [-0.39, 0.29) is 11.9 Å². The molecule has 0 saturated carbocycles. The molecule has 1 atom stereocenters. The second kappa shape index (κ2) is 10.5. The number of carbonyl (C=O) groups is 1. The van der Waals surface area contributed by atoms with Gasteiger partial charge in [0.1, 0.15) is 0 Å². The molecule has 1 amide bonds. The summed E-state index contributed by atoms with van der Waals surface area (Å²) in [6.07, 6.45) is 3.26. The maximum atomic E-state index is 13.3. The minimum absolute atomic E-state index is 0.152. The smallest absolute Gasteiger partial charge is 0.251 e. The molecule has 0 saturated heterocycles. The molecular formula is C28H29NO5. The van der Waals surface area contributed by atoms with Gasteiger partial charge >= 0.3 is 0 Å². The molecule has 0 spiro atoms. The van der Waals surface area contributed by atoms with Gasteiger partial charge in [-0.15, -0.1) is 0 Å². The number of hydrogen-bond acceptors (Lipinski definition) is 5. The first-order valence-corrected chi connectivity index (χ1v) is 11.9. The van der Waals surface area contributed by atoms with Gasteiger partial charge in [-0.2, -0.15) is 0 Å². The number of ether oxygens (including phenoxy) is 4. The predicted molar refractivity (Wildman–Crippen MR) is 129 cm³/mol. The zero-order chi connectivity index (χ0) is 23.2. The molecule has 0 aromatic heterocycles. The number of amides is 1. The Morgan fingerprint density at radius 1 is 0.735 bits per heavy atom. The van der Waals surface area contributed by atoms with Crippen LogP contribution in [0.5, 0.6) is 23.0 Å². The van der Waals surface area contributed by atoms with Crippen LogP contribution < -0.4 is 24.3 Å². The standard InChI is InChI=1S/C28H29NO5/c30-28(22-10-13-25-27(19-22)34-17-5-15-32-25)29-23(11-8-20-6-2-1-3-7-20)21-9-12-24-26(18-21)33-16-4-14-31-24/h1-3,6-7,9-10,12-13,18-19,23H,4-5,8,11,14-17H2,(H,29,30). The summed E-state index contributed by atoms with van der Waals surface area (Å²) in [5, 5.41) is 3.23. The molecule has 3 aromatic carbocycles. The maximum Gasteiger partial charge on any atom is 0.251 e. The van der Waals surface area contributed by atoms with E-state index in [0.717, 1.165) is 42.7 Å². The van der Waals surface area contributed by atoms with Crippen molar-refractivity contribution in [2.45, 2.75) is 31.7 Å². The van der Waals surface area contributed by atoms with Crippen molar-refractivity contribution in [2.75, 3.05) is 26.4 Å². The number of aryl methyl sites for hydroxylation is 1. The average molecular weight is 460 g/mol. The molecule has 1 N–H and O–H groups in total. The second-order valence-corrected chi connectivity index (χ2v) is 8.52. The molecule has 0 radical (unpaired) electrons. The summed E-state index contributed by atoms with van der Waals surface area (Å²) in [6, 6.07) is 21.4. The molecule has 2 heterocycles. The lowest BCUT2D eigenvalue weighted by Crippen LogP contribution is -2.29. The van der Waals surface area contributed by atoms with Gasteiger partial charge in [0.25, 0.3) is 5.91 Å². The fourth-order valence-corrected chi connectivity index (χ4v) is 4.22. The highest BCUT2D eigenvalue weighted by Crippen LogP contribution is 2.34. The van der Waals surface area contributed by atoms with Crippen molar-refractivity contribution in [3.8, 4) is 23.0 Å². The van der Waals surface area contributed by atoms with E-state index in [1.54, 1.807) is 12.1 Å². The summed E-state index contributed by atoms with van der Waals surface area (Å²) >= 11 is 0. The van der Waals surface area contributed by atoms with E-state index in [9.17, 15) is 4.79 Å². The first kappa shape index (κ1) is 22.1. The number of benzene rings is 3. The third-order valence-corrected chi connectivity index (χ3v) is 6.05. The average Bonchev–Trinajstić information content (AvgIpc) is 3.26. The first-order chi connectivity index (χ1) is 16.8. The van der Waals surface area contributed by atoms with E-state index in [1.807, 2.05) is 42.5 Å². The Kier molecular flexibility index (Phi) is 6.84. The Bertz CT molecular complexity index is 1130. The van der Waals surface area contributed by atoms with E-state index in [0.29, 0.717) is 43.5 Å². The lowest BCUT2D eigenvalue weighted by Gasteiger charge is -2.21. The summed E-state index contributed by atoms with van der Waals surface area (Å²) < 4.78 is 23.2. The minimum atomic E-state index is -0.194. The van der Waals surface area contributed by atoms with Crippen LogP contribution in [-0.4, -0.2) is 32.3 Å². The van der Waals surface area contributed by atoms with Gasteiger partial charge in [0.15, 0.2) is 23.0 Å². The van der Waals surface area contributed by atoms with Crippen molar-refractivity contribution in [1.82, 2.24) is 5.32 Å². The van der Waals surface area contributed by atoms with Crippen LogP contribution in [0.2, 0.25) is 0 Å². The molecule has 1 unspecified atom stereocenters. The highest BCUT2D eigenvalue weighted by molar-refractivity contribution is 5.95. The van der Waals surface area contributed by atoms with Crippen LogP contribution in [0, 0.1) is 0 Å². The third kappa shape index (κ3) is 5.28. The van der Waals surface area contributed by atoms with Crippen LogP contribution in [0.3, 0.4) is 0 Å². The molecule has 2 aliphatic rings. The predicted octanol–water partition coefficient (Wildman–Crippen LogP) is 5.11. The van der Waals surface area contributed by atoms with Gasteiger partial charge in [-0.3, -0.25) is 4.79 Å². The summed E-state index contributed by atoms with van der Waals surface area (Å²) in [5.74, 6) is 2.61. The van der Waals surface area contributed by atoms with Crippen LogP contribution in [0.1, 0.15) is 46.8 Å². The molecule has 6 heteroatoms. The van der Waals surface area contributed by atoms with Crippen molar-refractivity contribution in [1.29, 1.82) is 0 Å². The SMILES string of the molecule is O=C(NC(CCc1ccccc1)c1ccc2c(c1)OCCCO2)c1ccc2c(c1)OCCCO2. The van der Waals surface area contributed by atoms with Crippen molar-refractivity contribution in [2.24, 2.45) is 0 Å². The molecule has 5 rings (SSSR count). The van der Waals surface area contributed by atoms with Gasteiger partial charge in [-0.05, 0) is 54.3 Å². The zero-order valence-electron chi connectivity index (χ0n) is 19.1. The lowest BCUT2D eigenvalue weighted by molar-refractivity contribution is 0.0934. The summed E-state index contributed by atoms with van der Waals surface area (Å²) in [6.45, 7) is 2.46. The maximum absolute atomic E-state index is 13.3. The zero-order valence-corrected chi connectivity index (χ0v) is 19.1. The van der Waals surface area contributed by atoms with Gasteiger partial charge < -0.3 is 24.3 Å². The second-order valence-electron chi connectivity index (χ2n) is 8.52. The van der Waals surface area contributed by atoms with Gasteiger partial charge in [-0.1, -0.05) is 36.4 Å². The molecule has 0 fully saturated rings. The molecule has 176 valence electrons. The van der Waals surface area contributed by atoms with Gasteiger partial charge in [0.2, 0.25) is 0 Å². The Balaban J connectivity index is 1.38. The number of nitrogens with one attached hydrogen (secondary N) is 1. The number of carbonyl (C=O) groups excluding carboxylic acids is 1. The number of hydrogen-bond donors (Lipinski definition) is 1. The Hall–Kier alpha value is -3.67. The first-order valence-electron chi connectivity index (χ1n) is 11.9. The topological polar surface area (TPSA) is 66.0 Å². The molecular weight excluding hydrogens is 430 g/mol. The van der Waals surface area contributed by atoms with Gasteiger partial charge in [-0.25, -0.2) is 0 Å². The summed E-state index contributed by atoms with van der Waals surface area (Å²) in [7, 11) is 0. The van der Waals surface area contributed by atoms with Crippen molar-refractivity contribution in [3.05, 3.63) is 83.4 Å². The van der Waals surface area contributed by atoms with Crippen molar-refractivity contribution in [3.63, 3.8) is 0 Å². The quantitative estimate of drug-likeness (QED) is 0.555. The van der Waals surface area contributed by atoms with E-state index in [1.165, 1.54) is 5.56 Å². The van der Waals surface area contributed by atoms with Crippen LogP contribution >= 0.6 is 0 Å². The van der Waals surface area contributed by atoms with Crippen molar-refractivity contribution >= 4 is 5.91 Å². The molecule has 3 aromatic rings. The summed E-state index contributed by atoms with van der Waals surface area (Å²) in [5.41, 5.74) is 2.76. The van der Waals surface area contributed by atoms with Gasteiger partial charge in [0, 0.05) is 18.4 Å². The monoisotopic (exact) mass is 459 g/mol. The van der Waals surface area contributed by atoms with Crippen molar-refractivity contribution < 1.29 is 23.7 Å². The van der Waals surface area contributed by atoms with Crippen LogP contribution in [0.25, 0.3) is 0 Å². The molecule has 0 bridgehead atoms. The highest BCUT2D eigenvalue weighted by atomic mass is 16.5. The lowest BCUT2D eigenvalue weighted by atomic mass is 9.98. The third-order valence-electron chi connectivity index (χ3n) is 6.05. The normalized spacial score (nSPS) is 15.5. The molecule has 6 nitrogen and oxygen atoms in total. The van der Waals surface area contributed by atoms with E-state index >= 15 is 0 Å². The number of fused-ring (bicyclic) bond motifs is 2. The largest absolute Gasteiger partial charge is 0.490 e. The fraction of sp³-hybridized carbons (Fsp3) is 0.321. The van der Waals surface area contributed by atoms with E-state index in [2.05, 4.69) is 17.4 Å². The van der Waals surface area contributed by atoms with Crippen LogP contribution in [0.4, 0.5) is 0 Å². The summed E-state index contributed by atoms with van der Waals surface area (Å²) in [4.78, 5) is 13.3. The minimum Gasteiger partial charge on any atom is -0.490 e. The fourth-order valence-electron chi connectivity index (χ4n) is 4.22. The van der Waals surface area contributed by atoms with E-state index in [4.69, 9.17) is 18.9 Å². The van der Waals surface area contributed by atoms with Crippen LogP contribution in [0.15, 0.2) is 66.7 Å². The van der Waals surface area contributed by atoms with Crippen LogP contribution in [-0.2, 0) is 6.42 Å². The van der Waals surface area contributed by atoms with Gasteiger partial charge in [0.05, 0.1) is 32.5 Å². The molecule has 2 aliphatic heterocycles. The Morgan fingerprint density at radius 3 is 2.06 bits per heavy atom. The Labute approximate surface area is 199 Å². The number of rotatable bonds is 6. The molecule has 34 heavy (non-hydrogen) atoms. The molecule has 0 aliphatic carbocycles. The Morgan fingerprint density at radius 2 is 1.35 bits per heavy atom. The van der Waals surface area contributed by atoms with E-state index < -0.39 is 0 Å². The highest BCUT2D eigenvalue weighted by Gasteiger charge is 2.21.